The van der Waals surface area contributed by atoms with Gasteiger partial charge >= 0.3 is 5.69 Å². The van der Waals surface area contributed by atoms with Gasteiger partial charge in [0, 0.05) is 19.0 Å². The van der Waals surface area contributed by atoms with Crippen molar-refractivity contribution in [2.24, 2.45) is 19.2 Å². The Morgan fingerprint density at radius 3 is 2.80 bits per heavy atom. The second kappa shape index (κ2) is 5.19. The maximum atomic E-state index is 12.1. The minimum absolute atomic E-state index is 0.0446. The van der Waals surface area contributed by atoms with E-state index in [1.54, 1.807) is 0 Å². The molecule has 0 saturated heterocycles. The smallest absolute Gasteiger partial charge is 0.332 e. The van der Waals surface area contributed by atoms with E-state index in [9.17, 15) is 14.7 Å². The summed E-state index contributed by atoms with van der Waals surface area (Å²) in [5, 5.41) is 13.0. The lowest BCUT2D eigenvalue weighted by Gasteiger charge is -2.09. The van der Waals surface area contributed by atoms with Crippen LogP contribution < -0.4 is 11.2 Å². The topological polar surface area (TPSA) is 131 Å². The zero-order valence-corrected chi connectivity index (χ0v) is 11.0. The van der Waals surface area contributed by atoms with Crippen molar-refractivity contribution in [2.45, 2.75) is 12.6 Å². The van der Waals surface area contributed by atoms with Gasteiger partial charge in [-0.05, 0) is 5.53 Å². The van der Waals surface area contributed by atoms with Gasteiger partial charge in [-0.2, -0.15) is 0 Å². The fourth-order valence-corrected chi connectivity index (χ4v) is 1.95. The minimum Gasteiger partial charge on any atom is -0.391 e. The molecule has 1 atom stereocenters. The summed E-state index contributed by atoms with van der Waals surface area (Å²) in [5.74, 6) is 0. The number of azide groups is 1. The van der Waals surface area contributed by atoms with Gasteiger partial charge in [-0.3, -0.25) is 13.9 Å². The molecule has 1 unspecified atom stereocenters. The number of aliphatic hydroxyl groups excluding tert-OH is 1. The summed E-state index contributed by atoms with van der Waals surface area (Å²) >= 11 is 0. The molecule has 0 saturated carbocycles. The van der Waals surface area contributed by atoms with Gasteiger partial charge in [0.1, 0.15) is 0 Å². The van der Waals surface area contributed by atoms with Crippen molar-refractivity contribution in [1.29, 1.82) is 0 Å². The third-order valence-corrected chi connectivity index (χ3v) is 2.98. The third kappa shape index (κ3) is 2.17. The van der Waals surface area contributed by atoms with Gasteiger partial charge in [0.25, 0.3) is 5.56 Å². The van der Waals surface area contributed by atoms with E-state index in [0.717, 1.165) is 4.57 Å². The number of imidazole rings is 1. The quantitative estimate of drug-likeness (QED) is 0.441. The lowest BCUT2D eigenvalue weighted by Crippen LogP contribution is -2.37. The molecule has 2 rings (SSSR count). The molecule has 0 aromatic carbocycles. The summed E-state index contributed by atoms with van der Waals surface area (Å²) in [6.07, 6.45) is 0.426. The molecule has 0 bridgehead atoms. The Morgan fingerprint density at radius 1 is 1.45 bits per heavy atom. The average Bonchev–Trinajstić information content (AvgIpc) is 2.84. The van der Waals surface area contributed by atoms with Crippen LogP contribution in [0.2, 0.25) is 0 Å². The molecule has 1 N–H and O–H groups in total. The first-order chi connectivity index (χ1) is 9.47. The van der Waals surface area contributed by atoms with Gasteiger partial charge in [-0.25, -0.2) is 9.78 Å². The molecule has 0 amide bonds. The molecule has 10 nitrogen and oxygen atoms in total. The average molecular weight is 279 g/mol. The maximum absolute atomic E-state index is 12.1. The Balaban J connectivity index is 2.55. The van der Waals surface area contributed by atoms with E-state index < -0.39 is 17.4 Å². The van der Waals surface area contributed by atoms with Crippen LogP contribution >= 0.6 is 0 Å². The van der Waals surface area contributed by atoms with Gasteiger partial charge in [0.2, 0.25) is 0 Å². The summed E-state index contributed by atoms with van der Waals surface area (Å²) in [5.41, 5.74) is 7.70. The maximum Gasteiger partial charge on any atom is 0.332 e. The van der Waals surface area contributed by atoms with Crippen LogP contribution in [0.1, 0.15) is 0 Å². The highest BCUT2D eigenvalue weighted by Gasteiger charge is 2.15. The van der Waals surface area contributed by atoms with E-state index in [1.165, 1.54) is 29.6 Å². The minimum atomic E-state index is -0.940. The summed E-state index contributed by atoms with van der Waals surface area (Å²) in [6.45, 7) is -0.0643. The van der Waals surface area contributed by atoms with E-state index in [4.69, 9.17) is 5.53 Å². The van der Waals surface area contributed by atoms with Gasteiger partial charge in [-0.1, -0.05) is 5.11 Å². The molecule has 2 heterocycles. The molecule has 20 heavy (non-hydrogen) atoms. The molecule has 2 aromatic rings. The lowest BCUT2D eigenvalue weighted by molar-refractivity contribution is 0.163. The van der Waals surface area contributed by atoms with Crippen LogP contribution in [0.4, 0.5) is 0 Å². The van der Waals surface area contributed by atoms with Gasteiger partial charge in [0.05, 0.1) is 25.5 Å². The highest BCUT2D eigenvalue weighted by atomic mass is 16.3. The van der Waals surface area contributed by atoms with Gasteiger partial charge in [-0.15, -0.1) is 0 Å². The van der Waals surface area contributed by atoms with E-state index >= 15 is 0 Å². The number of aryl methyl sites for hydroxylation is 1. The van der Waals surface area contributed by atoms with Crippen molar-refractivity contribution in [3.63, 3.8) is 0 Å². The van der Waals surface area contributed by atoms with E-state index in [1.807, 2.05) is 0 Å². The molecule has 2 aromatic heterocycles. The molecule has 0 spiro atoms. The van der Waals surface area contributed by atoms with Crippen molar-refractivity contribution in [3.05, 3.63) is 37.6 Å². The van der Waals surface area contributed by atoms with Crippen LogP contribution in [0, 0.1) is 0 Å². The van der Waals surface area contributed by atoms with Crippen LogP contribution in [0.25, 0.3) is 21.6 Å². The number of hydrogen-bond donors (Lipinski definition) is 1. The molecule has 106 valence electrons. The monoisotopic (exact) mass is 279 g/mol. The Bertz CT molecular complexity index is 809. The highest BCUT2D eigenvalue weighted by molar-refractivity contribution is 5.69. The van der Waals surface area contributed by atoms with E-state index in [2.05, 4.69) is 15.0 Å². The van der Waals surface area contributed by atoms with Crippen LogP contribution in [0.3, 0.4) is 0 Å². The lowest BCUT2D eigenvalue weighted by atomic mass is 10.3. The Morgan fingerprint density at radius 2 is 2.15 bits per heavy atom. The number of aliphatic hydroxyl groups is 1. The first-order valence-electron chi connectivity index (χ1n) is 5.77. The highest BCUT2D eigenvalue weighted by Crippen LogP contribution is 2.06. The van der Waals surface area contributed by atoms with E-state index in [-0.39, 0.29) is 24.3 Å². The standard InChI is InChI=1S/C10H13N7O3/c1-15-8-7(9(19)16(2)10(15)20)17(5-12-8)4-6(18)3-13-14-11/h5-6,18H,3-4H2,1-2H3. The molecule has 0 aliphatic heterocycles. The molecule has 0 aliphatic carbocycles. The van der Waals surface area contributed by atoms with Crippen molar-refractivity contribution < 1.29 is 5.11 Å². The molecule has 10 heteroatoms. The molecular formula is C10H13N7O3. The number of fused-ring (bicyclic) bond motifs is 1. The van der Waals surface area contributed by atoms with Crippen LogP contribution in [0.15, 0.2) is 21.0 Å². The molecular weight excluding hydrogens is 266 g/mol. The van der Waals surface area contributed by atoms with Crippen LogP contribution in [-0.2, 0) is 20.6 Å². The third-order valence-electron chi connectivity index (χ3n) is 2.98. The molecule has 0 fully saturated rings. The summed E-state index contributed by atoms with van der Waals surface area (Å²) in [7, 11) is 2.88. The fraction of sp³-hybridized carbons (Fsp3) is 0.500. The van der Waals surface area contributed by atoms with Crippen LogP contribution in [-0.4, -0.2) is 36.4 Å². The second-order valence-corrected chi connectivity index (χ2v) is 4.34. The first kappa shape index (κ1) is 13.8. The van der Waals surface area contributed by atoms with Crippen molar-refractivity contribution in [2.75, 3.05) is 6.54 Å². The van der Waals surface area contributed by atoms with Crippen molar-refractivity contribution in [3.8, 4) is 0 Å². The molecule has 0 radical (unpaired) electrons. The first-order valence-corrected chi connectivity index (χ1v) is 5.77. The van der Waals surface area contributed by atoms with Crippen molar-refractivity contribution >= 4 is 11.2 Å². The second-order valence-electron chi connectivity index (χ2n) is 4.34. The zero-order chi connectivity index (χ0) is 14.9. The normalized spacial score (nSPS) is 12.3. The Kier molecular flexibility index (Phi) is 3.59. The SMILES string of the molecule is Cn1c(=O)c2c(ncn2CC(O)CN=[N+]=[N-])n(C)c1=O. The van der Waals surface area contributed by atoms with E-state index in [0.29, 0.717) is 0 Å². The predicted molar refractivity (Wildman–Crippen MR) is 70.2 cm³/mol. The van der Waals surface area contributed by atoms with Gasteiger partial charge in [0.15, 0.2) is 11.2 Å². The zero-order valence-electron chi connectivity index (χ0n) is 11.0. The fourth-order valence-electron chi connectivity index (χ4n) is 1.95. The number of aromatic nitrogens is 4. The predicted octanol–water partition coefficient (Wildman–Crippen LogP) is -0.895. The Hall–Kier alpha value is -2.58. The Labute approximate surface area is 112 Å². The number of rotatable bonds is 4. The summed E-state index contributed by atoms with van der Waals surface area (Å²) in [6, 6.07) is 0. The number of nitrogens with zero attached hydrogens (tertiary/aromatic N) is 7. The van der Waals surface area contributed by atoms with Gasteiger partial charge < -0.3 is 9.67 Å². The summed E-state index contributed by atoms with van der Waals surface area (Å²) in [4.78, 5) is 30.4. The largest absolute Gasteiger partial charge is 0.391 e. The molecule has 0 aliphatic rings. The number of hydrogen-bond acceptors (Lipinski definition) is 5. The van der Waals surface area contributed by atoms with Crippen molar-refractivity contribution in [1.82, 2.24) is 18.7 Å². The van der Waals surface area contributed by atoms with Crippen LogP contribution in [0.5, 0.6) is 0 Å². The summed E-state index contributed by atoms with van der Waals surface area (Å²) < 4.78 is 3.67.